The fourth-order valence-corrected chi connectivity index (χ4v) is 2.71. The van der Waals surface area contributed by atoms with Gasteiger partial charge in [-0.2, -0.15) is 0 Å². The van der Waals surface area contributed by atoms with Crippen molar-refractivity contribution in [2.75, 3.05) is 19.8 Å². The van der Waals surface area contributed by atoms with Crippen LogP contribution in [-0.2, 0) is 6.42 Å². The predicted octanol–water partition coefficient (Wildman–Crippen LogP) is 1.05. The van der Waals surface area contributed by atoms with E-state index in [1.54, 1.807) is 0 Å². The first-order chi connectivity index (χ1) is 7.79. The summed E-state index contributed by atoms with van der Waals surface area (Å²) in [5.41, 5.74) is 8.30. The van der Waals surface area contributed by atoms with Crippen molar-refractivity contribution >= 4 is 0 Å². The van der Waals surface area contributed by atoms with Gasteiger partial charge in [0.05, 0.1) is 13.2 Å². The van der Waals surface area contributed by atoms with Crippen LogP contribution in [0.5, 0.6) is 5.75 Å². The van der Waals surface area contributed by atoms with E-state index in [-0.39, 0.29) is 12.0 Å². The molecule has 3 nitrogen and oxygen atoms in total. The normalized spacial score (nSPS) is 31.0. The molecule has 2 unspecified atom stereocenters. The summed E-state index contributed by atoms with van der Waals surface area (Å²) in [4.78, 5) is 0. The fourth-order valence-electron chi connectivity index (χ4n) is 2.71. The van der Waals surface area contributed by atoms with Gasteiger partial charge in [0.25, 0.3) is 0 Å². The lowest BCUT2D eigenvalue weighted by atomic mass is 9.98. The Morgan fingerprint density at radius 1 is 1.50 bits per heavy atom. The van der Waals surface area contributed by atoms with Gasteiger partial charge >= 0.3 is 0 Å². The van der Waals surface area contributed by atoms with Gasteiger partial charge in [-0.15, -0.1) is 0 Å². The third kappa shape index (κ3) is 1.35. The van der Waals surface area contributed by atoms with Gasteiger partial charge in [-0.1, -0.05) is 12.1 Å². The second-order valence-corrected chi connectivity index (χ2v) is 4.95. The zero-order valence-electron chi connectivity index (χ0n) is 9.28. The second-order valence-electron chi connectivity index (χ2n) is 4.95. The van der Waals surface area contributed by atoms with E-state index in [4.69, 9.17) is 10.5 Å². The Labute approximate surface area is 95.2 Å². The molecule has 1 heterocycles. The van der Waals surface area contributed by atoms with Crippen LogP contribution in [-0.4, -0.2) is 24.9 Å². The van der Waals surface area contributed by atoms with Crippen molar-refractivity contribution in [3.05, 3.63) is 29.3 Å². The van der Waals surface area contributed by atoms with E-state index >= 15 is 0 Å². The number of ether oxygens (including phenoxy) is 1. The average molecular weight is 219 g/mol. The van der Waals surface area contributed by atoms with Crippen LogP contribution in [0.4, 0.5) is 0 Å². The van der Waals surface area contributed by atoms with E-state index in [1.807, 2.05) is 0 Å². The Hall–Kier alpha value is -1.06. The Morgan fingerprint density at radius 2 is 2.38 bits per heavy atom. The lowest BCUT2D eigenvalue weighted by molar-refractivity contribution is 0.211. The highest BCUT2D eigenvalue weighted by molar-refractivity contribution is 5.43. The minimum Gasteiger partial charge on any atom is -0.493 e. The van der Waals surface area contributed by atoms with E-state index in [9.17, 15) is 5.11 Å². The highest BCUT2D eigenvalue weighted by Gasteiger charge is 2.53. The van der Waals surface area contributed by atoms with Crippen molar-refractivity contribution in [3.8, 4) is 5.75 Å². The van der Waals surface area contributed by atoms with Crippen LogP contribution in [0.3, 0.4) is 0 Å². The van der Waals surface area contributed by atoms with Gasteiger partial charge < -0.3 is 15.6 Å². The third-order valence-corrected chi connectivity index (χ3v) is 4.03. The van der Waals surface area contributed by atoms with Crippen molar-refractivity contribution in [1.29, 1.82) is 0 Å². The largest absolute Gasteiger partial charge is 0.493 e. The number of fused-ring (bicyclic) bond motifs is 1. The Bertz CT molecular complexity index is 412. The standard InChI is InChI=1S/C13H17NO2/c14-7-13(8-15)6-11(13)9-1-2-12-10(5-9)3-4-16-12/h1-2,5,11,15H,3-4,6-8,14H2. The van der Waals surface area contributed by atoms with Gasteiger partial charge in [-0.3, -0.25) is 0 Å². The third-order valence-electron chi connectivity index (χ3n) is 4.03. The summed E-state index contributed by atoms with van der Waals surface area (Å²) in [6.45, 7) is 1.56. The number of hydrogen-bond donors (Lipinski definition) is 2. The van der Waals surface area contributed by atoms with E-state index in [0.29, 0.717) is 12.5 Å². The SMILES string of the molecule is NCC1(CO)CC1c1ccc2c(c1)CCO2. The molecule has 1 fully saturated rings. The first-order valence-electron chi connectivity index (χ1n) is 5.86. The van der Waals surface area contributed by atoms with Crippen molar-refractivity contribution < 1.29 is 9.84 Å². The van der Waals surface area contributed by atoms with Gasteiger partial charge in [-0.25, -0.2) is 0 Å². The number of aliphatic hydroxyl groups excluding tert-OH is 1. The molecule has 1 aromatic rings. The smallest absolute Gasteiger partial charge is 0.122 e. The summed E-state index contributed by atoms with van der Waals surface area (Å²) in [6, 6.07) is 6.39. The maximum atomic E-state index is 9.38. The molecule has 3 N–H and O–H groups in total. The van der Waals surface area contributed by atoms with E-state index in [2.05, 4.69) is 18.2 Å². The van der Waals surface area contributed by atoms with Crippen LogP contribution in [0.25, 0.3) is 0 Å². The summed E-state index contributed by atoms with van der Waals surface area (Å²) >= 11 is 0. The van der Waals surface area contributed by atoms with E-state index in [0.717, 1.165) is 25.2 Å². The molecule has 0 aromatic heterocycles. The molecule has 3 heteroatoms. The number of benzene rings is 1. The average Bonchev–Trinajstić information content (AvgIpc) is 2.89. The topological polar surface area (TPSA) is 55.5 Å². The molecule has 0 saturated heterocycles. The molecular weight excluding hydrogens is 202 g/mol. The first kappa shape index (κ1) is 10.1. The summed E-state index contributed by atoms with van der Waals surface area (Å²) in [7, 11) is 0. The summed E-state index contributed by atoms with van der Waals surface area (Å²) in [5, 5.41) is 9.38. The highest BCUT2D eigenvalue weighted by Crippen LogP contribution is 2.58. The maximum absolute atomic E-state index is 9.38. The monoisotopic (exact) mass is 219 g/mol. The molecule has 16 heavy (non-hydrogen) atoms. The van der Waals surface area contributed by atoms with E-state index < -0.39 is 0 Å². The quantitative estimate of drug-likeness (QED) is 0.798. The van der Waals surface area contributed by atoms with Gasteiger partial charge in [0.1, 0.15) is 5.75 Å². The zero-order chi connectivity index (χ0) is 11.2. The number of rotatable bonds is 3. The van der Waals surface area contributed by atoms with Gasteiger partial charge in [0.2, 0.25) is 0 Å². The van der Waals surface area contributed by atoms with Gasteiger partial charge in [0, 0.05) is 18.4 Å². The Balaban J connectivity index is 1.87. The van der Waals surface area contributed by atoms with Crippen molar-refractivity contribution in [2.24, 2.45) is 11.1 Å². The Kier molecular flexibility index (Phi) is 2.19. The fraction of sp³-hybridized carbons (Fsp3) is 0.538. The van der Waals surface area contributed by atoms with Gasteiger partial charge in [0.15, 0.2) is 0 Å². The van der Waals surface area contributed by atoms with Crippen LogP contribution in [0.2, 0.25) is 0 Å². The molecule has 2 aliphatic rings. The number of nitrogens with two attached hydrogens (primary N) is 1. The molecule has 0 radical (unpaired) electrons. The minimum absolute atomic E-state index is 0.0479. The molecule has 1 aliphatic carbocycles. The molecule has 1 aromatic carbocycles. The van der Waals surface area contributed by atoms with Crippen LogP contribution in [0.15, 0.2) is 18.2 Å². The van der Waals surface area contributed by atoms with Crippen LogP contribution < -0.4 is 10.5 Å². The maximum Gasteiger partial charge on any atom is 0.122 e. The molecule has 86 valence electrons. The lowest BCUT2D eigenvalue weighted by Crippen LogP contribution is -2.21. The molecule has 0 bridgehead atoms. The first-order valence-corrected chi connectivity index (χ1v) is 5.86. The van der Waals surface area contributed by atoms with Crippen molar-refractivity contribution in [3.63, 3.8) is 0 Å². The van der Waals surface area contributed by atoms with Gasteiger partial charge in [-0.05, 0) is 29.5 Å². The molecule has 1 aliphatic heterocycles. The number of hydrogen-bond acceptors (Lipinski definition) is 3. The van der Waals surface area contributed by atoms with E-state index in [1.165, 1.54) is 11.1 Å². The summed E-state index contributed by atoms with van der Waals surface area (Å²) in [6.07, 6.45) is 2.02. The van der Waals surface area contributed by atoms with Crippen molar-refractivity contribution in [2.45, 2.75) is 18.8 Å². The van der Waals surface area contributed by atoms with Crippen LogP contribution in [0.1, 0.15) is 23.5 Å². The molecular formula is C13H17NO2. The Morgan fingerprint density at radius 3 is 3.06 bits per heavy atom. The summed E-state index contributed by atoms with van der Waals surface area (Å²) in [5.74, 6) is 1.46. The second kappa shape index (κ2) is 3.47. The minimum atomic E-state index is -0.0479. The van der Waals surface area contributed by atoms with Crippen molar-refractivity contribution in [1.82, 2.24) is 0 Å². The molecule has 2 atom stereocenters. The lowest BCUT2D eigenvalue weighted by Gasteiger charge is -2.11. The number of aliphatic hydroxyl groups is 1. The predicted molar refractivity (Wildman–Crippen MR) is 61.6 cm³/mol. The van der Waals surface area contributed by atoms with Crippen LogP contribution in [0, 0.1) is 5.41 Å². The zero-order valence-corrected chi connectivity index (χ0v) is 9.28. The molecule has 0 spiro atoms. The van der Waals surface area contributed by atoms with Crippen LogP contribution >= 0.6 is 0 Å². The molecule has 0 amide bonds. The molecule has 3 rings (SSSR count). The summed E-state index contributed by atoms with van der Waals surface area (Å²) < 4.78 is 5.48. The molecule has 1 saturated carbocycles. The highest BCUT2D eigenvalue weighted by atomic mass is 16.5.